The molecule has 1 amide bonds. The number of ether oxygens (including phenoxy) is 1. The molecule has 0 spiro atoms. The smallest absolute Gasteiger partial charge is 0.256 e. The Morgan fingerprint density at radius 3 is 3.06 bits per heavy atom. The molecule has 0 bridgehead atoms. The summed E-state index contributed by atoms with van der Waals surface area (Å²) >= 11 is 6.06. The van der Waals surface area contributed by atoms with Crippen LogP contribution in [0.15, 0.2) is 18.2 Å². The average Bonchev–Trinajstić information content (AvgIpc) is 2.39. The van der Waals surface area contributed by atoms with Gasteiger partial charge in [0.05, 0.1) is 17.7 Å². The van der Waals surface area contributed by atoms with E-state index in [0.29, 0.717) is 16.3 Å². The van der Waals surface area contributed by atoms with E-state index in [0.717, 1.165) is 25.9 Å². The minimum Gasteiger partial charge on any atom is -0.496 e. The van der Waals surface area contributed by atoms with Crippen molar-refractivity contribution >= 4 is 17.5 Å². The van der Waals surface area contributed by atoms with Gasteiger partial charge in [0.2, 0.25) is 0 Å². The maximum Gasteiger partial charge on any atom is 0.256 e. The Bertz CT molecular complexity index is 431. The highest BCUT2D eigenvalue weighted by Gasteiger charge is 2.20. The SMILES string of the molecule is COc1cccc(Cl)c1C(=O)N[C@H]1CCCNC1. The van der Waals surface area contributed by atoms with Gasteiger partial charge in [0.15, 0.2) is 0 Å². The molecule has 18 heavy (non-hydrogen) atoms. The van der Waals surface area contributed by atoms with Crippen LogP contribution in [0.1, 0.15) is 23.2 Å². The maximum atomic E-state index is 12.2. The highest BCUT2D eigenvalue weighted by atomic mass is 35.5. The van der Waals surface area contributed by atoms with Crippen LogP contribution in [0.3, 0.4) is 0 Å². The van der Waals surface area contributed by atoms with Crippen LogP contribution < -0.4 is 15.4 Å². The van der Waals surface area contributed by atoms with E-state index >= 15 is 0 Å². The number of halogens is 1. The van der Waals surface area contributed by atoms with E-state index in [-0.39, 0.29) is 11.9 Å². The fourth-order valence-corrected chi connectivity index (χ4v) is 2.38. The van der Waals surface area contributed by atoms with Crippen LogP contribution >= 0.6 is 11.6 Å². The number of carbonyl (C=O) groups is 1. The second kappa shape index (κ2) is 6.07. The minimum atomic E-state index is -0.175. The van der Waals surface area contributed by atoms with Gasteiger partial charge in [0.1, 0.15) is 5.75 Å². The van der Waals surface area contributed by atoms with Crippen LogP contribution in [0, 0.1) is 0 Å². The lowest BCUT2D eigenvalue weighted by molar-refractivity contribution is 0.0928. The molecule has 1 aromatic carbocycles. The summed E-state index contributed by atoms with van der Waals surface area (Å²) in [4.78, 5) is 12.2. The molecular formula is C13H17ClN2O2. The summed E-state index contributed by atoms with van der Waals surface area (Å²) < 4.78 is 5.18. The Balaban J connectivity index is 2.12. The Labute approximate surface area is 112 Å². The van der Waals surface area contributed by atoms with Gasteiger partial charge in [-0.2, -0.15) is 0 Å². The van der Waals surface area contributed by atoms with Crippen LogP contribution in [0.25, 0.3) is 0 Å². The Kier molecular flexibility index (Phi) is 4.44. The molecule has 4 nitrogen and oxygen atoms in total. The number of hydrogen-bond acceptors (Lipinski definition) is 3. The van der Waals surface area contributed by atoms with Crippen molar-refractivity contribution < 1.29 is 9.53 Å². The third kappa shape index (κ3) is 2.94. The van der Waals surface area contributed by atoms with Gasteiger partial charge in [0.25, 0.3) is 5.91 Å². The number of benzene rings is 1. The average molecular weight is 269 g/mol. The normalized spacial score (nSPS) is 19.3. The Hall–Kier alpha value is -1.26. The van der Waals surface area contributed by atoms with Crippen LogP contribution in [-0.2, 0) is 0 Å². The van der Waals surface area contributed by atoms with Crippen molar-refractivity contribution in [2.75, 3.05) is 20.2 Å². The number of rotatable bonds is 3. The molecule has 0 radical (unpaired) electrons. The number of methoxy groups -OCH3 is 1. The van der Waals surface area contributed by atoms with E-state index in [1.165, 1.54) is 7.11 Å². The first-order valence-corrected chi connectivity index (χ1v) is 6.44. The van der Waals surface area contributed by atoms with E-state index in [2.05, 4.69) is 10.6 Å². The van der Waals surface area contributed by atoms with E-state index in [1.807, 2.05) is 0 Å². The standard InChI is InChI=1S/C13H17ClN2O2/c1-18-11-6-2-5-10(14)12(11)13(17)16-9-4-3-7-15-8-9/h2,5-6,9,15H,3-4,7-8H2,1H3,(H,16,17)/t9-/m0/s1. The molecule has 1 atom stereocenters. The lowest BCUT2D eigenvalue weighted by atomic mass is 10.1. The van der Waals surface area contributed by atoms with Crippen molar-refractivity contribution in [3.8, 4) is 5.75 Å². The molecule has 1 fully saturated rings. The second-order valence-corrected chi connectivity index (χ2v) is 4.74. The minimum absolute atomic E-state index is 0.159. The number of hydrogen-bond donors (Lipinski definition) is 2. The molecule has 0 unspecified atom stereocenters. The summed E-state index contributed by atoms with van der Waals surface area (Å²) in [5.41, 5.74) is 0.409. The van der Waals surface area contributed by atoms with Gasteiger partial charge in [-0.3, -0.25) is 4.79 Å². The summed E-state index contributed by atoms with van der Waals surface area (Å²) in [7, 11) is 1.53. The zero-order chi connectivity index (χ0) is 13.0. The van der Waals surface area contributed by atoms with Crippen molar-refractivity contribution in [2.24, 2.45) is 0 Å². The summed E-state index contributed by atoms with van der Waals surface area (Å²) in [6, 6.07) is 5.35. The summed E-state index contributed by atoms with van der Waals surface area (Å²) in [5, 5.41) is 6.65. The maximum absolute atomic E-state index is 12.2. The third-order valence-electron chi connectivity index (χ3n) is 3.05. The van der Waals surface area contributed by atoms with Gasteiger partial charge in [-0.05, 0) is 31.5 Å². The molecule has 98 valence electrons. The van der Waals surface area contributed by atoms with Gasteiger partial charge in [-0.15, -0.1) is 0 Å². The van der Waals surface area contributed by atoms with Gasteiger partial charge in [0, 0.05) is 12.6 Å². The summed E-state index contributed by atoms with van der Waals surface area (Å²) in [5.74, 6) is 0.329. The first-order valence-electron chi connectivity index (χ1n) is 6.06. The van der Waals surface area contributed by atoms with E-state index < -0.39 is 0 Å². The van der Waals surface area contributed by atoms with Crippen molar-refractivity contribution in [1.82, 2.24) is 10.6 Å². The van der Waals surface area contributed by atoms with Crippen molar-refractivity contribution in [3.05, 3.63) is 28.8 Å². The molecule has 1 aromatic rings. The molecular weight excluding hydrogens is 252 g/mol. The third-order valence-corrected chi connectivity index (χ3v) is 3.37. The van der Waals surface area contributed by atoms with Crippen LogP contribution in [0.4, 0.5) is 0 Å². The van der Waals surface area contributed by atoms with E-state index in [9.17, 15) is 4.79 Å². The number of carbonyl (C=O) groups excluding carboxylic acids is 1. The lowest BCUT2D eigenvalue weighted by Gasteiger charge is -2.24. The Morgan fingerprint density at radius 1 is 1.56 bits per heavy atom. The number of nitrogens with one attached hydrogen (secondary N) is 2. The fraction of sp³-hybridized carbons (Fsp3) is 0.462. The molecule has 1 heterocycles. The first kappa shape index (κ1) is 13.2. The van der Waals surface area contributed by atoms with Crippen LogP contribution in [0.2, 0.25) is 5.02 Å². The van der Waals surface area contributed by atoms with Gasteiger partial charge in [-0.1, -0.05) is 17.7 Å². The molecule has 1 aliphatic heterocycles. The Morgan fingerprint density at radius 2 is 2.39 bits per heavy atom. The number of amides is 1. The zero-order valence-electron chi connectivity index (χ0n) is 10.3. The fourth-order valence-electron chi connectivity index (χ4n) is 2.13. The largest absolute Gasteiger partial charge is 0.496 e. The quantitative estimate of drug-likeness (QED) is 0.879. The second-order valence-electron chi connectivity index (χ2n) is 4.33. The van der Waals surface area contributed by atoms with E-state index in [1.54, 1.807) is 18.2 Å². The lowest BCUT2D eigenvalue weighted by Crippen LogP contribution is -2.45. The number of piperidine rings is 1. The van der Waals surface area contributed by atoms with Crippen molar-refractivity contribution in [2.45, 2.75) is 18.9 Å². The van der Waals surface area contributed by atoms with Crippen LogP contribution in [0.5, 0.6) is 5.75 Å². The molecule has 5 heteroatoms. The summed E-state index contributed by atoms with van der Waals surface area (Å²) in [6.07, 6.45) is 2.07. The monoisotopic (exact) mass is 268 g/mol. The summed E-state index contributed by atoms with van der Waals surface area (Å²) in [6.45, 7) is 1.82. The first-order chi connectivity index (χ1) is 8.72. The van der Waals surface area contributed by atoms with Gasteiger partial charge >= 0.3 is 0 Å². The molecule has 0 saturated carbocycles. The molecule has 0 aromatic heterocycles. The van der Waals surface area contributed by atoms with Gasteiger partial charge < -0.3 is 15.4 Å². The highest BCUT2D eigenvalue weighted by molar-refractivity contribution is 6.34. The van der Waals surface area contributed by atoms with Crippen molar-refractivity contribution in [3.63, 3.8) is 0 Å². The highest BCUT2D eigenvalue weighted by Crippen LogP contribution is 2.26. The van der Waals surface area contributed by atoms with Gasteiger partial charge in [-0.25, -0.2) is 0 Å². The molecule has 0 aliphatic carbocycles. The van der Waals surface area contributed by atoms with Crippen LogP contribution in [-0.4, -0.2) is 32.1 Å². The van der Waals surface area contributed by atoms with Crippen molar-refractivity contribution in [1.29, 1.82) is 0 Å². The zero-order valence-corrected chi connectivity index (χ0v) is 11.1. The predicted octanol–water partition coefficient (Wildman–Crippen LogP) is 1.83. The molecule has 1 saturated heterocycles. The topological polar surface area (TPSA) is 50.4 Å². The molecule has 2 rings (SSSR count). The molecule has 2 N–H and O–H groups in total. The molecule has 1 aliphatic rings. The van der Waals surface area contributed by atoms with E-state index in [4.69, 9.17) is 16.3 Å². The predicted molar refractivity (Wildman–Crippen MR) is 71.4 cm³/mol.